The second-order valence-electron chi connectivity index (χ2n) is 14.4. The molecule has 0 aliphatic rings. The predicted molar refractivity (Wildman–Crippen MR) is 221 cm³/mol. The van der Waals surface area contributed by atoms with E-state index in [4.69, 9.17) is 0 Å². The molecule has 0 saturated carbocycles. The van der Waals surface area contributed by atoms with Crippen LogP contribution in [0.4, 0.5) is 5.69 Å². The molecule has 7 aromatic carbocycles. The van der Waals surface area contributed by atoms with Crippen LogP contribution in [-0.2, 0) is 32.5 Å². The number of hydrogen-bond donors (Lipinski definition) is 2. The minimum atomic E-state index is -0.0302. The first-order chi connectivity index (χ1) is 26.2. The minimum absolute atomic E-state index is 0.0302. The molecule has 0 atom stereocenters. The normalized spacial score (nSPS) is 11.1. The summed E-state index contributed by atoms with van der Waals surface area (Å²) in [7, 11) is 0. The summed E-state index contributed by atoms with van der Waals surface area (Å²) >= 11 is 0. The third-order valence-corrected chi connectivity index (χ3v) is 9.91. The second kappa shape index (κ2) is 17.6. The van der Waals surface area contributed by atoms with E-state index in [1.165, 1.54) is 22.4 Å². The largest absolute Gasteiger partial charge is 0.872 e. The van der Waals surface area contributed by atoms with Crippen LogP contribution in [0.15, 0.2) is 170 Å². The molecule has 0 aromatic heterocycles. The number of aryl methyl sites for hydroxylation is 3. The topological polar surface area (TPSA) is 63.5 Å². The maximum absolute atomic E-state index is 13.0. The number of aromatic hydroxyl groups is 2. The van der Waals surface area contributed by atoms with E-state index in [-0.39, 0.29) is 17.2 Å². The van der Waals surface area contributed by atoms with E-state index in [9.17, 15) is 15.3 Å². The first kappa shape index (κ1) is 37.7. The smallest absolute Gasteiger partial charge is 0.133 e. The average molecular weight is 712 g/mol. The van der Waals surface area contributed by atoms with Gasteiger partial charge in [0.05, 0.1) is 0 Å². The highest BCUT2D eigenvalue weighted by atomic mass is 16.3. The Hall–Kier alpha value is -6.10. The number of rotatable bonds is 11. The molecule has 7 aromatic rings. The van der Waals surface area contributed by atoms with Crippen molar-refractivity contribution in [1.82, 2.24) is 4.48 Å². The number of phenolic OH excluding ortho intramolecular Hbond substituents is 2. The zero-order valence-electron chi connectivity index (χ0n) is 31.5. The molecule has 0 bridgehead atoms. The van der Waals surface area contributed by atoms with Crippen LogP contribution in [0, 0.1) is 20.8 Å². The number of phenols is 2. The Labute approximate surface area is 320 Å². The maximum atomic E-state index is 13.0. The van der Waals surface area contributed by atoms with Crippen LogP contribution in [0.3, 0.4) is 0 Å². The summed E-state index contributed by atoms with van der Waals surface area (Å²) in [5, 5.41) is 33.1. The molecule has 0 heterocycles. The Bertz CT molecular complexity index is 2080. The number of hydrogen-bond acceptors (Lipinski definition) is 3. The van der Waals surface area contributed by atoms with E-state index >= 15 is 0 Å². The van der Waals surface area contributed by atoms with Crippen molar-refractivity contribution in [2.24, 2.45) is 0 Å². The van der Waals surface area contributed by atoms with E-state index in [0.717, 1.165) is 51.9 Å². The molecular formula is C50H49NO3. The summed E-state index contributed by atoms with van der Waals surface area (Å²) in [5.41, 5.74) is 11.3. The fourth-order valence-electron chi connectivity index (χ4n) is 7.30. The molecular weight excluding hydrogens is 663 g/mol. The molecule has 0 spiro atoms. The van der Waals surface area contributed by atoms with Crippen LogP contribution in [0.1, 0.15) is 55.6 Å². The fourth-order valence-corrected chi connectivity index (χ4v) is 7.30. The molecule has 4 nitrogen and oxygen atoms in total. The van der Waals surface area contributed by atoms with Gasteiger partial charge in [0.1, 0.15) is 36.8 Å². The molecule has 0 saturated heterocycles. The summed E-state index contributed by atoms with van der Waals surface area (Å²) in [6, 6.07) is 58.1. The van der Waals surface area contributed by atoms with Crippen molar-refractivity contribution in [2.45, 2.75) is 53.2 Å². The van der Waals surface area contributed by atoms with Crippen LogP contribution < -0.4 is 9.59 Å². The summed E-state index contributed by atoms with van der Waals surface area (Å²) in [6.07, 6.45) is 0.779. The summed E-state index contributed by atoms with van der Waals surface area (Å²) in [4.78, 5) is 0. The molecule has 0 amide bonds. The minimum Gasteiger partial charge on any atom is -0.872 e. The lowest BCUT2D eigenvalue weighted by atomic mass is 9.94. The molecule has 2 N–H and O–H groups in total. The standard InChI is InChI=1S/C27H26N.C23H24O3/c1-5-13-24(14-6-1)21-28(27-19-11-4-12-20-27,22-25-15-7-2-8-16-25)23-26-17-9-3-10-18-26;1-14-4-6-21(24)17(8-14)12-19-10-16(3)11-20(23(19)26)13-18-9-15(2)5-7-22(18)25/h1-20H,21-23H2;4-11,24-26H,12-13H2,1-3H3/q+1;/p-1. The van der Waals surface area contributed by atoms with E-state index < -0.39 is 0 Å². The van der Waals surface area contributed by atoms with Gasteiger partial charge in [-0.1, -0.05) is 173 Å². The first-order valence-corrected chi connectivity index (χ1v) is 18.6. The van der Waals surface area contributed by atoms with Crippen LogP contribution in [0.5, 0.6) is 17.2 Å². The monoisotopic (exact) mass is 711 g/mol. The number of para-hydroxylation sites is 1. The van der Waals surface area contributed by atoms with Crippen molar-refractivity contribution >= 4 is 5.69 Å². The Balaban J connectivity index is 0.000000185. The zero-order chi connectivity index (χ0) is 37.9. The Morgan fingerprint density at radius 3 is 1.11 bits per heavy atom. The van der Waals surface area contributed by atoms with Gasteiger partial charge in [0.25, 0.3) is 0 Å². The highest BCUT2D eigenvalue weighted by Gasteiger charge is 2.31. The van der Waals surface area contributed by atoms with Crippen molar-refractivity contribution < 1.29 is 15.3 Å². The lowest BCUT2D eigenvalue weighted by Gasteiger charge is -2.39. The maximum Gasteiger partial charge on any atom is 0.133 e. The summed E-state index contributed by atoms with van der Waals surface area (Å²) in [5.74, 6) is 0.376. The van der Waals surface area contributed by atoms with E-state index in [1.54, 1.807) is 12.1 Å². The van der Waals surface area contributed by atoms with Gasteiger partial charge in [-0.2, -0.15) is 0 Å². The van der Waals surface area contributed by atoms with Crippen molar-refractivity contribution in [2.75, 3.05) is 0 Å². The SMILES string of the molecule is Cc1ccc(O)c(Cc2cc(C)cc(Cc3cc(C)ccc3O)c2[O-])c1.c1ccc(C[N+](Cc2ccccc2)(Cc2ccccc2)c2ccccc2)cc1. The molecule has 0 unspecified atom stereocenters. The Kier molecular flexibility index (Phi) is 12.3. The number of nitrogens with zero attached hydrogens (tertiary/aromatic N) is 1. The Morgan fingerprint density at radius 2 is 0.741 bits per heavy atom. The van der Waals surface area contributed by atoms with Crippen LogP contribution in [-0.4, -0.2) is 10.2 Å². The summed E-state index contributed by atoms with van der Waals surface area (Å²) in [6.45, 7) is 8.74. The van der Waals surface area contributed by atoms with Crippen molar-refractivity contribution in [1.29, 1.82) is 0 Å². The van der Waals surface area contributed by atoms with Crippen molar-refractivity contribution in [3.63, 3.8) is 0 Å². The van der Waals surface area contributed by atoms with E-state index in [0.29, 0.717) is 24.0 Å². The molecule has 272 valence electrons. The average Bonchev–Trinajstić information content (AvgIpc) is 3.18. The molecule has 54 heavy (non-hydrogen) atoms. The highest BCUT2D eigenvalue weighted by molar-refractivity contribution is 5.51. The molecule has 0 fully saturated rings. The van der Waals surface area contributed by atoms with Gasteiger partial charge in [-0.3, -0.25) is 4.48 Å². The lowest BCUT2D eigenvalue weighted by Crippen LogP contribution is -2.47. The first-order valence-electron chi connectivity index (χ1n) is 18.6. The second-order valence-corrected chi connectivity index (χ2v) is 14.4. The van der Waals surface area contributed by atoms with Gasteiger partial charge in [0.2, 0.25) is 0 Å². The Morgan fingerprint density at radius 1 is 0.407 bits per heavy atom. The van der Waals surface area contributed by atoms with Gasteiger partial charge in [-0.25, -0.2) is 0 Å². The van der Waals surface area contributed by atoms with Gasteiger partial charge < -0.3 is 15.3 Å². The van der Waals surface area contributed by atoms with Gasteiger partial charge in [-0.05, 0) is 56.2 Å². The molecule has 0 aliphatic carbocycles. The summed E-state index contributed by atoms with van der Waals surface area (Å²) < 4.78 is 0.860. The zero-order valence-corrected chi connectivity index (χ0v) is 31.5. The highest BCUT2D eigenvalue weighted by Crippen LogP contribution is 2.33. The molecule has 0 radical (unpaired) electrons. The van der Waals surface area contributed by atoms with Gasteiger partial charge >= 0.3 is 0 Å². The van der Waals surface area contributed by atoms with Crippen LogP contribution >= 0.6 is 0 Å². The van der Waals surface area contributed by atoms with E-state index in [2.05, 4.69) is 121 Å². The fraction of sp³-hybridized carbons (Fsp3) is 0.160. The number of quaternary nitrogens is 1. The van der Waals surface area contributed by atoms with Crippen LogP contribution in [0.2, 0.25) is 0 Å². The quantitative estimate of drug-likeness (QED) is 0.131. The van der Waals surface area contributed by atoms with E-state index in [1.807, 2.05) is 57.2 Å². The predicted octanol–water partition coefficient (Wildman–Crippen LogP) is 10.9. The third kappa shape index (κ3) is 9.86. The van der Waals surface area contributed by atoms with Gasteiger partial charge in [-0.15, -0.1) is 5.75 Å². The third-order valence-electron chi connectivity index (χ3n) is 9.91. The lowest BCUT2D eigenvalue weighted by molar-refractivity contribution is -0.270. The molecule has 7 rings (SSSR count). The number of benzene rings is 7. The van der Waals surface area contributed by atoms with Crippen LogP contribution in [0.25, 0.3) is 0 Å². The van der Waals surface area contributed by atoms with Crippen molar-refractivity contribution in [3.05, 3.63) is 225 Å². The van der Waals surface area contributed by atoms with Gasteiger partial charge in [0, 0.05) is 29.5 Å². The molecule has 0 aliphatic heterocycles. The molecule has 4 heteroatoms. The van der Waals surface area contributed by atoms with Gasteiger partial charge in [0.15, 0.2) is 0 Å². The van der Waals surface area contributed by atoms with Crippen molar-refractivity contribution in [3.8, 4) is 17.2 Å².